The van der Waals surface area contributed by atoms with Crippen LogP contribution in [0.4, 0.5) is 5.69 Å². The molecule has 0 unspecified atom stereocenters. The quantitative estimate of drug-likeness (QED) is 0.722. The molecule has 1 aliphatic rings. The molecular formula is C18H28N2O3. The summed E-state index contributed by atoms with van der Waals surface area (Å²) in [6.45, 7) is 4.01. The number of para-hydroxylation sites is 2. The number of nitrogens with zero attached hydrogens (tertiary/aromatic N) is 2. The molecule has 1 aliphatic heterocycles. The molecule has 1 fully saturated rings. The monoisotopic (exact) mass is 320 g/mol. The van der Waals surface area contributed by atoms with Crippen molar-refractivity contribution in [3.8, 4) is 5.75 Å². The topological polar surface area (TPSA) is 42.0 Å². The molecule has 1 heterocycles. The van der Waals surface area contributed by atoms with Gasteiger partial charge in [0.25, 0.3) is 0 Å². The molecule has 2 rings (SSSR count). The third-order valence-corrected chi connectivity index (χ3v) is 4.59. The third-order valence-electron chi connectivity index (χ3n) is 4.59. The van der Waals surface area contributed by atoms with E-state index in [0.717, 1.165) is 56.9 Å². The van der Waals surface area contributed by atoms with Gasteiger partial charge in [0.1, 0.15) is 5.75 Å². The van der Waals surface area contributed by atoms with Crippen molar-refractivity contribution in [3.05, 3.63) is 24.3 Å². The summed E-state index contributed by atoms with van der Waals surface area (Å²) in [5, 5.41) is 0. The second kappa shape index (κ2) is 8.77. The van der Waals surface area contributed by atoms with E-state index in [1.54, 1.807) is 7.11 Å². The molecule has 0 atom stereocenters. The third kappa shape index (κ3) is 4.86. The number of anilines is 1. The molecule has 5 nitrogen and oxygen atoms in total. The summed E-state index contributed by atoms with van der Waals surface area (Å²) in [5.41, 5.74) is 1.12. The predicted octanol–water partition coefficient (Wildman–Crippen LogP) is 2.41. The zero-order valence-electron chi connectivity index (χ0n) is 14.5. The van der Waals surface area contributed by atoms with Crippen LogP contribution in [0.2, 0.25) is 0 Å². The number of methoxy groups -OCH3 is 2. The number of ether oxygens (including phenoxy) is 2. The number of rotatable bonds is 7. The average molecular weight is 320 g/mol. The molecule has 128 valence electrons. The lowest BCUT2D eigenvalue weighted by Crippen LogP contribution is -2.38. The van der Waals surface area contributed by atoms with E-state index in [9.17, 15) is 4.79 Å². The Morgan fingerprint density at radius 1 is 1.26 bits per heavy atom. The van der Waals surface area contributed by atoms with Crippen molar-refractivity contribution in [1.82, 2.24) is 4.90 Å². The molecule has 0 amide bonds. The molecule has 1 aromatic rings. The van der Waals surface area contributed by atoms with Crippen LogP contribution in [-0.2, 0) is 9.53 Å². The molecule has 0 N–H and O–H groups in total. The van der Waals surface area contributed by atoms with Crippen molar-refractivity contribution in [2.75, 3.05) is 52.3 Å². The van der Waals surface area contributed by atoms with E-state index in [1.165, 1.54) is 7.11 Å². The number of esters is 1. The predicted molar refractivity (Wildman–Crippen MR) is 92.1 cm³/mol. The smallest absolute Gasteiger partial charge is 0.308 e. The maximum atomic E-state index is 11.5. The van der Waals surface area contributed by atoms with Gasteiger partial charge in [-0.15, -0.1) is 0 Å². The molecule has 5 heteroatoms. The Labute approximate surface area is 139 Å². The highest BCUT2D eigenvalue weighted by Gasteiger charge is 2.25. The Kier molecular flexibility index (Phi) is 6.71. The van der Waals surface area contributed by atoms with Gasteiger partial charge in [0, 0.05) is 13.6 Å². The summed E-state index contributed by atoms with van der Waals surface area (Å²) in [6, 6.07) is 8.09. The molecule has 0 spiro atoms. The van der Waals surface area contributed by atoms with Crippen LogP contribution in [0.15, 0.2) is 24.3 Å². The van der Waals surface area contributed by atoms with Crippen LogP contribution in [0.1, 0.15) is 19.3 Å². The highest BCUT2D eigenvalue weighted by Crippen LogP contribution is 2.26. The Morgan fingerprint density at radius 3 is 2.61 bits per heavy atom. The highest BCUT2D eigenvalue weighted by molar-refractivity contribution is 5.72. The first kappa shape index (κ1) is 17.6. The van der Waals surface area contributed by atoms with Crippen LogP contribution >= 0.6 is 0 Å². The normalized spacial score (nSPS) is 16.1. The summed E-state index contributed by atoms with van der Waals surface area (Å²) in [4.78, 5) is 16.2. The van der Waals surface area contributed by atoms with E-state index in [2.05, 4.69) is 22.9 Å². The van der Waals surface area contributed by atoms with E-state index >= 15 is 0 Å². The molecule has 0 radical (unpaired) electrons. The van der Waals surface area contributed by atoms with Crippen molar-refractivity contribution in [3.63, 3.8) is 0 Å². The first-order chi connectivity index (χ1) is 11.2. The zero-order valence-corrected chi connectivity index (χ0v) is 14.5. The van der Waals surface area contributed by atoms with Gasteiger partial charge in [0.15, 0.2) is 0 Å². The summed E-state index contributed by atoms with van der Waals surface area (Å²) >= 11 is 0. The van der Waals surface area contributed by atoms with Crippen molar-refractivity contribution < 1.29 is 14.3 Å². The van der Waals surface area contributed by atoms with Gasteiger partial charge in [0.05, 0.1) is 25.8 Å². The molecule has 0 aromatic heterocycles. The van der Waals surface area contributed by atoms with Crippen molar-refractivity contribution in [2.45, 2.75) is 19.3 Å². The number of likely N-dealkylation sites (tertiary alicyclic amines) is 1. The minimum atomic E-state index is -0.0550. The molecule has 1 saturated heterocycles. The lowest BCUT2D eigenvalue weighted by atomic mass is 9.97. The largest absolute Gasteiger partial charge is 0.495 e. The van der Waals surface area contributed by atoms with Gasteiger partial charge in [-0.1, -0.05) is 12.1 Å². The van der Waals surface area contributed by atoms with Gasteiger partial charge < -0.3 is 19.3 Å². The maximum Gasteiger partial charge on any atom is 0.308 e. The first-order valence-corrected chi connectivity index (χ1v) is 8.30. The minimum absolute atomic E-state index is 0.0550. The zero-order chi connectivity index (χ0) is 16.7. The Balaban J connectivity index is 1.72. The van der Waals surface area contributed by atoms with Gasteiger partial charge in [0.2, 0.25) is 0 Å². The maximum absolute atomic E-state index is 11.5. The number of carbonyl (C=O) groups is 1. The van der Waals surface area contributed by atoms with E-state index in [-0.39, 0.29) is 11.9 Å². The van der Waals surface area contributed by atoms with E-state index in [4.69, 9.17) is 9.47 Å². The number of hydrogen-bond acceptors (Lipinski definition) is 5. The molecular weight excluding hydrogens is 292 g/mol. The fraction of sp³-hybridized carbons (Fsp3) is 0.611. The standard InChI is InChI=1S/C18H28N2O3/c1-19(16-7-4-5-8-17(16)22-2)11-6-12-20-13-9-15(10-14-20)18(21)23-3/h4-5,7-8,15H,6,9-14H2,1-3H3. The van der Waals surface area contributed by atoms with E-state index in [1.807, 2.05) is 18.2 Å². The number of carbonyl (C=O) groups excluding carboxylic acids is 1. The second-order valence-corrected chi connectivity index (χ2v) is 6.09. The lowest BCUT2D eigenvalue weighted by molar-refractivity contribution is -0.147. The summed E-state index contributed by atoms with van der Waals surface area (Å²) < 4.78 is 10.2. The fourth-order valence-electron chi connectivity index (χ4n) is 3.16. The van der Waals surface area contributed by atoms with Crippen LogP contribution in [0.3, 0.4) is 0 Å². The van der Waals surface area contributed by atoms with Crippen molar-refractivity contribution >= 4 is 11.7 Å². The Bertz CT molecular complexity index is 499. The molecule has 1 aromatic carbocycles. The Morgan fingerprint density at radius 2 is 1.96 bits per heavy atom. The van der Waals surface area contributed by atoms with Crippen molar-refractivity contribution in [2.24, 2.45) is 5.92 Å². The summed E-state index contributed by atoms with van der Waals surface area (Å²) in [6.07, 6.45) is 2.92. The summed E-state index contributed by atoms with van der Waals surface area (Å²) in [7, 11) is 5.28. The van der Waals surface area contributed by atoms with E-state index in [0.29, 0.717) is 0 Å². The van der Waals surface area contributed by atoms with Crippen LogP contribution in [-0.4, -0.2) is 58.3 Å². The van der Waals surface area contributed by atoms with Gasteiger partial charge in [-0.3, -0.25) is 4.79 Å². The molecule has 0 saturated carbocycles. The van der Waals surface area contributed by atoms with Crippen LogP contribution in [0.5, 0.6) is 5.75 Å². The minimum Gasteiger partial charge on any atom is -0.495 e. The second-order valence-electron chi connectivity index (χ2n) is 6.09. The van der Waals surface area contributed by atoms with E-state index < -0.39 is 0 Å². The van der Waals surface area contributed by atoms with Crippen LogP contribution in [0.25, 0.3) is 0 Å². The summed E-state index contributed by atoms with van der Waals surface area (Å²) in [5.74, 6) is 0.946. The van der Waals surface area contributed by atoms with Gasteiger partial charge in [-0.05, 0) is 51.0 Å². The number of hydrogen-bond donors (Lipinski definition) is 0. The van der Waals surface area contributed by atoms with Crippen molar-refractivity contribution in [1.29, 1.82) is 0 Å². The Hall–Kier alpha value is -1.75. The molecule has 0 aliphatic carbocycles. The average Bonchev–Trinajstić information content (AvgIpc) is 2.61. The SMILES string of the molecule is COC(=O)C1CCN(CCCN(C)c2ccccc2OC)CC1. The molecule has 0 bridgehead atoms. The lowest BCUT2D eigenvalue weighted by Gasteiger charge is -2.31. The number of piperidine rings is 1. The van der Waals surface area contributed by atoms with Crippen LogP contribution in [0, 0.1) is 5.92 Å². The fourth-order valence-corrected chi connectivity index (χ4v) is 3.16. The number of benzene rings is 1. The van der Waals surface area contributed by atoms with Gasteiger partial charge >= 0.3 is 5.97 Å². The highest BCUT2D eigenvalue weighted by atomic mass is 16.5. The van der Waals surface area contributed by atoms with Crippen LogP contribution < -0.4 is 9.64 Å². The first-order valence-electron chi connectivity index (χ1n) is 8.30. The van der Waals surface area contributed by atoms with Gasteiger partial charge in [-0.2, -0.15) is 0 Å². The molecule has 23 heavy (non-hydrogen) atoms. The van der Waals surface area contributed by atoms with Gasteiger partial charge in [-0.25, -0.2) is 0 Å².